The topological polar surface area (TPSA) is 129 Å². The summed E-state index contributed by atoms with van der Waals surface area (Å²) in [6.07, 6.45) is 11.2. The summed E-state index contributed by atoms with van der Waals surface area (Å²) in [6, 6.07) is 10.3. The van der Waals surface area contributed by atoms with Gasteiger partial charge in [0.05, 0.1) is 17.3 Å². The van der Waals surface area contributed by atoms with E-state index in [-0.39, 0.29) is 18.4 Å². The van der Waals surface area contributed by atoms with Gasteiger partial charge in [-0.3, -0.25) is 19.2 Å². The number of hydrogen-bond donors (Lipinski definition) is 3. The normalized spacial score (nSPS) is 16.8. The van der Waals surface area contributed by atoms with E-state index in [1.807, 2.05) is 49.2 Å². The summed E-state index contributed by atoms with van der Waals surface area (Å²) in [5.74, 6) is 1.33. The number of aromatic nitrogens is 4. The van der Waals surface area contributed by atoms with E-state index in [4.69, 9.17) is 15.5 Å². The predicted molar refractivity (Wildman–Crippen MR) is 181 cm³/mol. The number of rotatable bonds is 11. The first-order valence-corrected chi connectivity index (χ1v) is 15.5. The van der Waals surface area contributed by atoms with Gasteiger partial charge in [-0.1, -0.05) is 29.8 Å². The molecule has 0 saturated carbocycles. The van der Waals surface area contributed by atoms with Crippen LogP contribution in [0.15, 0.2) is 63.9 Å². The second kappa shape index (κ2) is 14.4. The molecule has 3 N–H and O–H groups in total. The van der Waals surface area contributed by atoms with E-state index in [0.29, 0.717) is 12.4 Å². The highest BCUT2D eigenvalue weighted by molar-refractivity contribution is 5.97. The number of likely N-dealkylation sites (N-methyl/N-ethyl adjacent to an activating group) is 1. The molecule has 2 aliphatic rings. The van der Waals surface area contributed by atoms with Crippen LogP contribution in [-0.4, -0.2) is 82.9 Å². The van der Waals surface area contributed by atoms with E-state index < -0.39 is 0 Å². The Morgan fingerprint density at radius 1 is 1.18 bits per heavy atom. The number of hydrogen-bond acceptors (Lipinski definition) is 8. The molecule has 2 aromatic heterocycles. The molecule has 236 valence electrons. The Kier molecular flexibility index (Phi) is 10.2. The molecule has 0 saturated heterocycles. The summed E-state index contributed by atoms with van der Waals surface area (Å²) >= 11 is 0. The van der Waals surface area contributed by atoms with Gasteiger partial charge in [-0.15, -0.1) is 0 Å². The minimum atomic E-state index is -0.132. The lowest BCUT2D eigenvalue weighted by Crippen LogP contribution is -2.33. The molecule has 11 heteroatoms. The van der Waals surface area contributed by atoms with Crippen molar-refractivity contribution in [3.63, 3.8) is 0 Å². The number of carbonyl (C=O) groups excluding carboxylic acids is 1. The van der Waals surface area contributed by atoms with Crippen LogP contribution in [0.2, 0.25) is 0 Å². The number of allylic oxidation sites excluding steroid dienone is 3. The fraction of sp³-hybridized carbons (Fsp3) is 0.412. The summed E-state index contributed by atoms with van der Waals surface area (Å²) in [7, 11) is 7.74. The Balaban J connectivity index is 1.33. The van der Waals surface area contributed by atoms with Crippen molar-refractivity contribution < 1.29 is 4.79 Å². The number of amides is 1. The largest absolute Gasteiger partial charge is 0.353 e. The highest BCUT2D eigenvalue weighted by Crippen LogP contribution is 2.41. The minimum absolute atomic E-state index is 0.0616. The molecule has 1 unspecified atom stereocenters. The van der Waals surface area contributed by atoms with Crippen molar-refractivity contribution in [1.82, 2.24) is 29.8 Å². The zero-order valence-electron chi connectivity index (χ0n) is 27.0. The SMILES string of the molecule is CN=CC(C=N)c1cccc(Cc2c3c(nn2C)CC/C2=C/N=C(Nc4ccn(CC(=O)NCCN(C)C)n4)CCC(C)=C23)c1. The standard InChI is InChI=1S/C34H44N10O/c1-23-9-12-30(39-31-13-15-44(41-31)22-32(45)37-14-16-42(3)4)38-21-26-10-11-28-34(33(23)26)29(43(5)40-28)18-24-7-6-8-25(17-24)27(19-35)20-36-2/h6-8,13,15,17,19-21,27,35H,9-12,14,16,18,22H2,1-5H3,(H,37,45)(H,38,39,41)/b26-21-,33-23?,35-19?,36-20?. The molecule has 5 rings (SSSR count). The summed E-state index contributed by atoms with van der Waals surface area (Å²) < 4.78 is 3.68. The molecule has 0 fully saturated rings. The van der Waals surface area contributed by atoms with Gasteiger partial charge in [-0.2, -0.15) is 10.2 Å². The molecule has 1 aliphatic heterocycles. The highest BCUT2D eigenvalue weighted by Gasteiger charge is 2.28. The zero-order chi connectivity index (χ0) is 31.9. The van der Waals surface area contributed by atoms with Gasteiger partial charge in [-0.05, 0) is 62.6 Å². The summed E-state index contributed by atoms with van der Waals surface area (Å²) in [4.78, 5) is 23.3. The number of aliphatic imine (C=N–C) groups is 2. The maximum atomic E-state index is 12.3. The third kappa shape index (κ3) is 7.72. The molecule has 3 aromatic rings. The van der Waals surface area contributed by atoms with Crippen LogP contribution in [0.4, 0.5) is 5.82 Å². The summed E-state index contributed by atoms with van der Waals surface area (Å²) in [6.45, 7) is 3.80. The summed E-state index contributed by atoms with van der Waals surface area (Å²) in [5.41, 5.74) is 9.65. The molecule has 3 heterocycles. The van der Waals surface area contributed by atoms with Gasteiger partial charge in [0, 0.05) is 76.5 Å². The molecule has 1 atom stereocenters. The molecular formula is C34H44N10O. The number of amidine groups is 1. The van der Waals surface area contributed by atoms with Gasteiger partial charge >= 0.3 is 0 Å². The number of fused-ring (bicyclic) bond motifs is 3. The molecule has 0 bridgehead atoms. The van der Waals surface area contributed by atoms with Crippen LogP contribution in [0.5, 0.6) is 0 Å². The Bertz CT molecular complexity index is 1670. The van der Waals surface area contributed by atoms with Crippen molar-refractivity contribution in [2.24, 2.45) is 17.0 Å². The fourth-order valence-electron chi connectivity index (χ4n) is 5.96. The van der Waals surface area contributed by atoms with Crippen LogP contribution in [0.25, 0.3) is 5.57 Å². The van der Waals surface area contributed by atoms with Crippen LogP contribution >= 0.6 is 0 Å². The Morgan fingerprint density at radius 3 is 2.80 bits per heavy atom. The van der Waals surface area contributed by atoms with Crippen LogP contribution in [0.3, 0.4) is 0 Å². The van der Waals surface area contributed by atoms with Gasteiger partial charge in [0.1, 0.15) is 12.4 Å². The van der Waals surface area contributed by atoms with Crippen molar-refractivity contribution in [2.75, 3.05) is 39.5 Å². The van der Waals surface area contributed by atoms with Gasteiger partial charge in [0.15, 0.2) is 5.82 Å². The first-order valence-electron chi connectivity index (χ1n) is 15.5. The van der Waals surface area contributed by atoms with Crippen LogP contribution < -0.4 is 10.6 Å². The maximum absolute atomic E-state index is 12.3. The second-order valence-electron chi connectivity index (χ2n) is 12.0. The fourth-order valence-corrected chi connectivity index (χ4v) is 5.96. The highest BCUT2D eigenvalue weighted by atomic mass is 16.2. The molecule has 11 nitrogen and oxygen atoms in total. The monoisotopic (exact) mass is 608 g/mol. The van der Waals surface area contributed by atoms with Crippen molar-refractivity contribution in [1.29, 1.82) is 5.41 Å². The number of anilines is 1. The van der Waals surface area contributed by atoms with Crippen LogP contribution in [0.1, 0.15) is 60.2 Å². The first-order chi connectivity index (χ1) is 21.7. The first kappa shape index (κ1) is 31.8. The predicted octanol–water partition coefficient (Wildman–Crippen LogP) is 4.23. The number of carbonyl (C=O) groups is 1. The number of aryl methyl sites for hydroxylation is 2. The average molecular weight is 609 g/mol. The Morgan fingerprint density at radius 2 is 2.02 bits per heavy atom. The number of benzene rings is 1. The average Bonchev–Trinajstić information content (AvgIpc) is 3.58. The van der Waals surface area contributed by atoms with Gasteiger partial charge in [0.2, 0.25) is 5.91 Å². The van der Waals surface area contributed by atoms with E-state index in [0.717, 1.165) is 55.7 Å². The van der Waals surface area contributed by atoms with Gasteiger partial charge < -0.3 is 20.9 Å². The van der Waals surface area contributed by atoms with Gasteiger partial charge in [-0.25, -0.2) is 4.99 Å². The lowest BCUT2D eigenvalue weighted by atomic mass is 9.81. The second-order valence-corrected chi connectivity index (χ2v) is 12.0. The molecule has 1 amide bonds. The van der Waals surface area contributed by atoms with Crippen molar-refractivity contribution in [3.05, 3.63) is 82.0 Å². The van der Waals surface area contributed by atoms with Crippen LogP contribution in [-0.2, 0) is 31.2 Å². The third-order valence-corrected chi connectivity index (χ3v) is 8.28. The smallest absolute Gasteiger partial charge is 0.241 e. The molecule has 1 aliphatic carbocycles. The van der Waals surface area contributed by atoms with E-state index in [9.17, 15) is 4.79 Å². The van der Waals surface area contributed by atoms with Crippen molar-refractivity contribution in [2.45, 2.75) is 51.5 Å². The van der Waals surface area contributed by atoms with Crippen molar-refractivity contribution >= 4 is 35.6 Å². The Hall–Kier alpha value is -4.64. The van der Waals surface area contributed by atoms with E-state index in [2.05, 4.69) is 51.9 Å². The molecule has 1 aromatic carbocycles. The number of nitrogens with zero attached hydrogens (tertiary/aromatic N) is 7. The number of nitrogens with one attached hydrogen (secondary N) is 3. The molecule has 45 heavy (non-hydrogen) atoms. The maximum Gasteiger partial charge on any atom is 0.241 e. The third-order valence-electron chi connectivity index (χ3n) is 8.28. The van der Waals surface area contributed by atoms with E-state index in [1.54, 1.807) is 17.9 Å². The molecule has 0 spiro atoms. The lowest BCUT2D eigenvalue weighted by molar-refractivity contribution is -0.121. The molecular weight excluding hydrogens is 564 g/mol. The van der Waals surface area contributed by atoms with Gasteiger partial charge in [0.25, 0.3) is 0 Å². The Labute approximate surface area is 265 Å². The van der Waals surface area contributed by atoms with Crippen molar-refractivity contribution in [3.8, 4) is 0 Å². The van der Waals surface area contributed by atoms with Crippen LogP contribution in [0, 0.1) is 5.41 Å². The summed E-state index contributed by atoms with van der Waals surface area (Å²) in [5, 5.41) is 23.7. The minimum Gasteiger partial charge on any atom is -0.353 e. The zero-order valence-corrected chi connectivity index (χ0v) is 27.0. The van der Waals surface area contributed by atoms with E-state index in [1.165, 1.54) is 39.8 Å². The molecule has 0 radical (unpaired) electrons. The lowest BCUT2D eigenvalue weighted by Gasteiger charge is -2.24. The van der Waals surface area contributed by atoms with E-state index >= 15 is 0 Å². The quantitative estimate of drug-likeness (QED) is 0.281.